The summed E-state index contributed by atoms with van der Waals surface area (Å²) in [5.74, 6) is 0.174. The maximum atomic E-state index is 12.3. The lowest BCUT2D eigenvalue weighted by molar-refractivity contribution is -0.129. The first-order valence-corrected chi connectivity index (χ1v) is 9.65. The lowest BCUT2D eigenvalue weighted by Crippen LogP contribution is -2.52. The Bertz CT molecular complexity index is 481. The molecule has 6 heteroatoms. The first-order chi connectivity index (χ1) is 12.0. The summed E-state index contributed by atoms with van der Waals surface area (Å²) in [5.41, 5.74) is 0. The number of carbonyl (C=O) groups excluding carboxylic acids is 2. The molecule has 0 spiro atoms. The molecule has 142 valence electrons. The second kappa shape index (κ2) is 9.92. The summed E-state index contributed by atoms with van der Waals surface area (Å²) in [5, 5.41) is 13.4. The van der Waals surface area contributed by atoms with Crippen molar-refractivity contribution in [1.29, 1.82) is 0 Å². The molecule has 0 saturated carbocycles. The topological polar surface area (TPSA) is 72.9 Å². The maximum Gasteiger partial charge on any atom is 0.221 e. The third-order valence-corrected chi connectivity index (χ3v) is 5.31. The lowest BCUT2D eigenvalue weighted by Gasteiger charge is -2.41. The van der Waals surface area contributed by atoms with E-state index in [1.54, 1.807) is 6.92 Å². The molecule has 0 aromatic carbocycles. The molecule has 2 aliphatic rings. The molecule has 2 rings (SSSR count). The Morgan fingerprint density at radius 1 is 1.32 bits per heavy atom. The fourth-order valence-corrected chi connectivity index (χ4v) is 3.82. The van der Waals surface area contributed by atoms with Gasteiger partial charge in [-0.1, -0.05) is 19.1 Å². The molecule has 2 amide bonds. The van der Waals surface area contributed by atoms with Crippen molar-refractivity contribution >= 4 is 11.8 Å². The van der Waals surface area contributed by atoms with Gasteiger partial charge in [-0.05, 0) is 32.1 Å². The third kappa shape index (κ3) is 5.82. The van der Waals surface area contributed by atoms with E-state index in [0.29, 0.717) is 19.4 Å². The Kier molecular flexibility index (Phi) is 7.90. The van der Waals surface area contributed by atoms with Crippen LogP contribution in [-0.4, -0.2) is 71.1 Å². The first kappa shape index (κ1) is 19.9. The molecule has 1 fully saturated rings. The minimum atomic E-state index is -0.393. The molecular formula is C19H33N3O3. The molecule has 0 aromatic rings. The summed E-state index contributed by atoms with van der Waals surface area (Å²) in [4.78, 5) is 28.3. The molecule has 0 radical (unpaired) electrons. The van der Waals surface area contributed by atoms with Gasteiger partial charge in [-0.25, -0.2) is 0 Å². The van der Waals surface area contributed by atoms with Crippen LogP contribution in [0.1, 0.15) is 52.4 Å². The van der Waals surface area contributed by atoms with E-state index in [4.69, 9.17) is 0 Å². The van der Waals surface area contributed by atoms with Crippen molar-refractivity contribution in [2.75, 3.05) is 26.2 Å². The van der Waals surface area contributed by atoms with E-state index >= 15 is 0 Å². The zero-order valence-electron chi connectivity index (χ0n) is 15.6. The number of carbonyl (C=O) groups is 2. The molecule has 25 heavy (non-hydrogen) atoms. The summed E-state index contributed by atoms with van der Waals surface area (Å²) in [7, 11) is 0. The van der Waals surface area contributed by atoms with Gasteiger partial charge in [0, 0.05) is 51.6 Å². The van der Waals surface area contributed by atoms with Gasteiger partial charge >= 0.3 is 0 Å². The number of nitrogens with zero attached hydrogens (tertiary/aromatic N) is 2. The summed E-state index contributed by atoms with van der Waals surface area (Å²) >= 11 is 0. The Labute approximate surface area is 151 Å². The van der Waals surface area contributed by atoms with Crippen molar-refractivity contribution in [3.05, 3.63) is 12.2 Å². The number of fused-ring (bicyclic) bond motifs is 1. The monoisotopic (exact) mass is 351 g/mol. The number of aliphatic hydroxyl groups is 1. The predicted molar refractivity (Wildman–Crippen MR) is 98.1 cm³/mol. The highest BCUT2D eigenvalue weighted by molar-refractivity contribution is 5.76. The van der Waals surface area contributed by atoms with Gasteiger partial charge in [0.15, 0.2) is 0 Å². The minimum Gasteiger partial charge on any atom is -0.391 e. The first-order valence-electron chi connectivity index (χ1n) is 9.65. The van der Waals surface area contributed by atoms with Crippen LogP contribution in [-0.2, 0) is 9.59 Å². The second-order valence-corrected chi connectivity index (χ2v) is 7.13. The summed E-state index contributed by atoms with van der Waals surface area (Å²) < 4.78 is 0. The van der Waals surface area contributed by atoms with Crippen LogP contribution < -0.4 is 5.32 Å². The van der Waals surface area contributed by atoms with Crippen molar-refractivity contribution < 1.29 is 14.7 Å². The van der Waals surface area contributed by atoms with E-state index in [0.717, 1.165) is 45.3 Å². The van der Waals surface area contributed by atoms with Crippen molar-refractivity contribution in [3.8, 4) is 0 Å². The quantitative estimate of drug-likeness (QED) is 0.736. The van der Waals surface area contributed by atoms with Crippen LogP contribution in [0.25, 0.3) is 0 Å². The number of aliphatic hydroxyl groups excluding tert-OH is 1. The van der Waals surface area contributed by atoms with E-state index < -0.39 is 6.10 Å². The normalized spacial score (nSPS) is 28.1. The van der Waals surface area contributed by atoms with Crippen LogP contribution in [0.4, 0.5) is 0 Å². The number of amides is 2. The van der Waals surface area contributed by atoms with Crippen molar-refractivity contribution in [1.82, 2.24) is 15.1 Å². The summed E-state index contributed by atoms with van der Waals surface area (Å²) in [6.45, 7) is 6.53. The molecule has 2 N–H and O–H groups in total. The highest BCUT2D eigenvalue weighted by Gasteiger charge is 2.32. The van der Waals surface area contributed by atoms with Crippen LogP contribution in [0.2, 0.25) is 0 Å². The van der Waals surface area contributed by atoms with Crippen LogP contribution in [0.3, 0.4) is 0 Å². The number of nitrogens with one attached hydrogen (secondary N) is 1. The van der Waals surface area contributed by atoms with Crippen LogP contribution in [0.5, 0.6) is 0 Å². The molecule has 1 saturated heterocycles. The van der Waals surface area contributed by atoms with Crippen LogP contribution in [0.15, 0.2) is 12.2 Å². The van der Waals surface area contributed by atoms with E-state index in [9.17, 15) is 14.7 Å². The Morgan fingerprint density at radius 3 is 2.80 bits per heavy atom. The van der Waals surface area contributed by atoms with Gasteiger partial charge in [0.25, 0.3) is 0 Å². The molecule has 0 unspecified atom stereocenters. The molecule has 2 heterocycles. The van der Waals surface area contributed by atoms with Gasteiger partial charge in [-0.3, -0.25) is 14.5 Å². The van der Waals surface area contributed by atoms with Crippen molar-refractivity contribution in [2.45, 2.75) is 70.6 Å². The highest BCUT2D eigenvalue weighted by atomic mass is 16.3. The average molecular weight is 351 g/mol. The average Bonchev–Trinajstić information content (AvgIpc) is 2.60. The molecular weight excluding hydrogens is 318 g/mol. The predicted octanol–water partition coefficient (Wildman–Crippen LogP) is 1.30. The SMILES string of the molecule is CC[C@H](O)[C@@H]1CC=C[C@@H]2CC(=O)NCCCCN(C(C)=O)CCCN21. The van der Waals surface area contributed by atoms with Gasteiger partial charge < -0.3 is 15.3 Å². The smallest absolute Gasteiger partial charge is 0.221 e. The zero-order valence-corrected chi connectivity index (χ0v) is 15.6. The zero-order chi connectivity index (χ0) is 18.2. The number of rotatable bonds is 2. The van der Waals surface area contributed by atoms with Crippen molar-refractivity contribution in [2.24, 2.45) is 0 Å². The van der Waals surface area contributed by atoms with Gasteiger partial charge in [0.05, 0.1) is 6.10 Å². The second-order valence-electron chi connectivity index (χ2n) is 7.13. The fourth-order valence-electron chi connectivity index (χ4n) is 3.82. The minimum absolute atomic E-state index is 0.0199. The Morgan fingerprint density at radius 2 is 2.08 bits per heavy atom. The van der Waals surface area contributed by atoms with Gasteiger partial charge in [-0.2, -0.15) is 0 Å². The summed E-state index contributed by atoms with van der Waals surface area (Å²) in [6, 6.07) is 0.0650. The molecule has 2 aliphatic heterocycles. The largest absolute Gasteiger partial charge is 0.391 e. The fraction of sp³-hybridized carbons (Fsp3) is 0.789. The number of hydrogen-bond acceptors (Lipinski definition) is 4. The van der Waals surface area contributed by atoms with Gasteiger partial charge in [0.1, 0.15) is 0 Å². The van der Waals surface area contributed by atoms with E-state index in [2.05, 4.69) is 22.4 Å². The van der Waals surface area contributed by atoms with Gasteiger partial charge in [-0.15, -0.1) is 0 Å². The van der Waals surface area contributed by atoms with Crippen LogP contribution >= 0.6 is 0 Å². The lowest BCUT2D eigenvalue weighted by atomic mass is 9.94. The van der Waals surface area contributed by atoms with Gasteiger partial charge in [0.2, 0.25) is 11.8 Å². The van der Waals surface area contributed by atoms with E-state index in [-0.39, 0.29) is 23.9 Å². The highest BCUT2D eigenvalue weighted by Crippen LogP contribution is 2.24. The number of hydrogen-bond donors (Lipinski definition) is 2. The molecule has 0 aliphatic carbocycles. The van der Waals surface area contributed by atoms with E-state index in [1.807, 2.05) is 11.8 Å². The standard InChI is InChI=1S/C19H33N3O3/c1-3-18(24)17-9-6-8-16-14-19(25)20-10-4-5-11-21(15(2)23)12-7-13-22(16)17/h6,8,16-18,24H,3-5,7,9-14H2,1-2H3,(H,20,25)/t16-,17+,18+/m1/s1. The molecule has 3 atom stereocenters. The Hall–Kier alpha value is -1.40. The summed E-state index contributed by atoms with van der Waals surface area (Å²) in [6.07, 6.45) is 8.39. The molecule has 0 bridgehead atoms. The third-order valence-electron chi connectivity index (χ3n) is 5.31. The molecule has 0 aromatic heterocycles. The van der Waals surface area contributed by atoms with Crippen molar-refractivity contribution in [3.63, 3.8) is 0 Å². The maximum absolute atomic E-state index is 12.3. The van der Waals surface area contributed by atoms with Crippen LogP contribution in [0, 0.1) is 0 Å². The Balaban J connectivity index is 2.13. The van der Waals surface area contributed by atoms with E-state index in [1.165, 1.54) is 0 Å². The molecule has 6 nitrogen and oxygen atoms in total.